The van der Waals surface area contributed by atoms with Gasteiger partial charge in [0.1, 0.15) is 30.0 Å². The monoisotopic (exact) mass is 788 g/mol. The minimum atomic E-state index is -1.89. The molecular weight excluding hydrogens is 714 g/mol. The van der Waals surface area contributed by atoms with Gasteiger partial charge in [-0.15, -0.1) is 0 Å². The fourth-order valence-corrected chi connectivity index (χ4v) is 9.09. The van der Waals surface area contributed by atoms with Crippen LogP contribution >= 0.6 is 0 Å². The predicted octanol–water partition coefficient (Wildman–Crippen LogP) is 2.18. The lowest BCUT2D eigenvalue weighted by Gasteiger charge is -2.48. The summed E-state index contributed by atoms with van der Waals surface area (Å²) in [7, 11) is 5.24. The number of hydrogen-bond acceptors (Lipinski definition) is 15. The van der Waals surface area contributed by atoms with Crippen LogP contribution in [0.2, 0.25) is 0 Å². The van der Waals surface area contributed by atoms with Gasteiger partial charge in [-0.05, 0) is 87.7 Å². The van der Waals surface area contributed by atoms with E-state index >= 15 is 0 Å². The van der Waals surface area contributed by atoms with Crippen molar-refractivity contribution < 1.29 is 58.7 Å². The Balaban J connectivity index is 2.21. The number of cyclic esters (lactones) is 1. The van der Waals surface area contributed by atoms with Gasteiger partial charge < -0.3 is 58.9 Å². The Labute approximate surface area is 329 Å². The third kappa shape index (κ3) is 11.2. The molecule has 3 rings (SSSR count). The number of hydrogen-bond donors (Lipinski definition) is 5. The molecular formula is C40H73N3O12. The van der Waals surface area contributed by atoms with Crippen molar-refractivity contribution in [3.8, 4) is 6.07 Å². The number of aliphatic hydroxyl groups is 5. The zero-order chi connectivity index (χ0) is 41.8. The highest BCUT2D eigenvalue weighted by Gasteiger charge is 2.52. The molecule has 0 aromatic heterocycles. The maximum Gasteiger partial charge on any atom is 0.311 e. The standard InChI is InChI=1S/C40H73N3O12/c1-14-29-40(10,49)33(45)26(6)43(17-15-16-41)21-22(2)19-38(8,48)35(55-37-31(44)28(42(11)12)18-23(3)51-37)24(4)32(25(5)36(47)53-29)54-30-20-39(9,50-13)34(46)27(7)52-30/h22-35,37,44-46,48-49H,14-15,17-21H2,1-13H3/t22-,23-,24+,25-,26-,27+,28+,29-,30+,31-,32+,33-,34+,35-,37+,38-,39-,40-/m1/s1. The molecule has 0 saturated carbocycles. The fraction of sp³-hybridized carbons (Fsp3) is 0.950. The van der Waals surface area contributed by atoms with Crippen LogP contribution in [0.5, 0.6) is 0 Å². The Morgan fingerprint density at radius 1 is 0.982 bits per heavy atom. The summed E-state index contributed by atoms with van der Waals surface area (Å²) in [6, 6.07) is 1.20. The summed E-state index contributed by atoms with van der Waals surface area (Å²) in [5.41, 5.74) is -4.55. The van der Waals surface area contributed by atoms with Crippen LogP contribution in [0, 0.1) is 29.1 Å². The number of nitriles is 1. The van der Waals surface area contributed by atoms with Crippen molar-refractivity contribution in [3.05, 3.63) is 0 Å². The molecule has 3 heterocycles. The van der Waals surface area contributed by atoms with Crippen molar-refractivity contribution in [2.75, 3.05) is 34.3 Å². The first-order chi connectivity index (χ1) is 25.4. The first-order valence-corrected chi connectivity index (χ1v) is 20.1. The van der Waals surface area contributed by atoms with E-state index in [9.17, 15) is 35.6 Å². The molecule has 0 aromatic carbocycles. The van der Waals surface area contributed by atoms with Crippen molar-refractivity contribution in [1.29, 1.82) is 5.26 Å². The second-order valence-corrected chi connectivity index (χ2v) is 17.6. The Morgan fingerprint density at radius 2 is 1.62 bits per heavy atom. The van der Waals surface area contributed by atoms with Crippen molar-refractivity contribution in [3.63, 3.8) is 0 Å². The number of esters is 1. The van der Waals surface area contributed by atoms with Crippen molar-refractivity contribution in [1.82, 2.24) is 9.80 Å². The number of methoxy groups -OCH3 is 1. The predicted molar refractivity (Wildman–Crippen MR) is 203 cm³/mol. The summed E-state index contributed by atoms with van der Waals surface area (Å²) < 4.78 is 37.6. The van der Waals surface area contributed by atoms with Crippen LogP contribution in [-0.2, 0) is 33.2 Å². The molecule has 0 amide bonds. The van der Waals surface area contributed by atoms with Crippen LogP contribution in [0.25, 0.3) is 0 Å². The highest BCUT2D eigenvalue weighted by molar-refractivity contribution is 5.73. The van der Waals surface area contributed by atoms with Crippen molar-refractivity contribution in [2.24, 2.45) is 17.8 Å². The van der Waals surface area contributed by atoms with E-state index < -0.39 is 96.0 Å². The number of aliphatic hydroxyl groups excluding tert-OH is 3. The molecule has 0 bridgehead atoms. The maximum atomic E-state index is 14.3. The lowest BCUT2D eigenvalue weighted by molar-refractivity contribution is -0.318. The largest absolute Gasteiger partial charge is 0.459 e. The van der Waals surface area contributed by atoms with Crippen LogP contribution < -0.4 is 0 Å². The normalized spacial score (nSPS) is 47.4. The van der Waals surface area contributed by atoms with E-state index in [0.717, 1.165) is 0 Å². The molecule has 3 fully saturated rings. The minimum absolute atomic E-state index is 0.111. The first-order valence-electron chi connectivity index (χ1n) is 20.1. The van der Waals surface area contributed by atoms with E-state index in [1.54, 1.807) is 48.5 Å². The highest BCUT2D eigenvalue weighted by Crippen LogP contribution is 2.40. The molecule has 0 radical (unpaired) electrons. The molecule has 320 valence electrons. The summed E-state index contributed by atoms with van der Waals surface area (Å²) in [4.78, 5) is 18.1. The number of rotatable bonds is 9. The van der Waals surface area contributed by atoms with Gasteiger partial charge in [0, 0.05) is 51.0 Å². The van der Waals surface area contributed by atoms with E-state index in [-0.39, 0.29) is 50.3 Å². The molecule has 0 unspecified atom stereocenters. The van der Waals surface area contributed by atoms with Crippen LogP contribution in [0.3, 0.4) is 0 Å². The van der Waals surface area contributed by atoms with Gasteiger partial charge in [0.05, 0.1) is 47.6 Å². The maximum absolute atomic E-state index is 14.3. The molecule has 3 saturated heterocycles. The van der Waals surface area contributed by atoms with Gasteiger partial charge in [0.15, 0.2) is 12.6 Å². The second kappa shape index (κ2) is 19.5. The second-order valence-electron chi connectivity index (χ2n) is 17.6. The molecule has 55 heavy (non-hydrogen) atoms. The molecule has 18 atom stereocenters. The Morgan fingerprint density at radius 3 is 2.18 bits per heavy atom. The van der Waals surface area contributed by atoms with Gasteiger partial charge in [0.25, 0.3) is 0 Å². The summed E-state index contributed by atoms with van der Waals surface area (Å²) in [6.07, 6.45) is -8.61. The number of likely N-dealkylation sites (N-methyl/N-ethyl adjacent to an activating group) is 1. The van der Waals surface area contributed by atoms with Gasteiger partial charge in [-0.1, -0.05) is 20.8 Å². The van der Waals surface area contributed by atoms with Gasteiger partial charge >= 0.3 is 5.97 Å². The van der Waals surface area contributed by atoms with E-state index in [4.69, 9.17) is 28.4 Å². The molecule has 0 spiro atoms. The zero-order valence-electron chi connectivity index (χ0n) is 35.5. The molecule has 5 N–H and O–H groups in total. The van der Waals surface area contributed by atoms with Crippen LogP contribution in [0.4, 0.5) is 0 Å². The average molecular weight is 788 g/mol. The third-order valence-corrected chi connectivity index (χ3v) is 12.5. The summed E-state index contributed by atoms with van der Waals surface area (Å²) in [5, 5.41) is 68.2. The van der Waals surface area contributed by atoms with Crippen LogP contribution in [-0.4, -0.2) is 166 Å². The van der Waals surface area contributed by atoms with Gasteiger partial charge in [-0.2, -0.15) is 5.26 Å². The summed E-state index contributed by atoms with van der Waals surface area (Å²) >= 11 is 0. The Kier molecular flexibility index (Phi) is 17.0. The molecule has 3 aliphatic heterocycles. The van der Waals surface area contributed by atoms with E-state index in [1.165, 1.54) is 14.0 Å². The van der Waals surface area contributed by atoms with Gasteiger partial charge in [-0.25, -0.2) is 0 Å². The number of carbonyl (C=O) groups is 1. The van der Waals surface area contributed by atoms with Crippen molar-refractivity contribution in [2.45, 2.75) is 192 Å². The third-order valence-electron chi connectivity index (χ3n) is 12.5. The number of ether oxygens (including phenoxy) is 6. The molecule has 15 heteroatoms. The number of carbonyl (C=O) groups excluding carboxylic acids is 1. The highest BCUT2D eigenvalue weighted by atomic mass is 16.7. The van der Waals surface area contributed by atoms with Gasteiger partial charge in [-0.3, -0.25) is 9.69 Å². The SMILES string of the molecule is CC[C@H]1OC(=O)[C@H](C)[C@@H](O[C@H]2C[C@@](C)(OC)[C@@H](O)[C@H](C)O2)[C@H](C)[C@@H](O[C@@H]2O[C@H](C)C[C@H](N(C)C)[C@H]2O)[C@](C)(O)C[C@@H](C)CN(CCC#N)[C@H](C)[C@@H](O)[C@]1(C)O. The first kappa shape index (κ1) is 47.9. The van der Waals surface area contributed by atoms with E-state index in [2.05, 4.69) is 6.07 Å². The molecule has 0 aromatic rings. The minimum Gasteiger partial charge on any atom is -0.459 e. The Hall–Kier alpha value is -1.52. The van der Waals surface area contributed by atoms with Crippen LogP contribution in [0.1, 0.15) is 101 Å². The Bertz CT molecular complexity index is 1270. The lowest BCUT2D eigenvalue weighted by atomic mass is 9.77. The molecule has 15 nitrogen and oxygen atoms in total. The van der Waals surface area contributed by atoms with E-state index in [1.807, 2.05) is 37.7 Å². The van der Waals surface area contributed by atoms with Crippen molar-refractivity contribution >= 4 is 5.97 Å². The van der Waals surface area contributed by atoms with Gasteiger partial charge in [0.2, 0.25) is 0 Å². The number of nitrogens with zero attached hydrogens (tertiary/aromatic N) is 3. The quantitative estimate of drug-likeness (QED) is 0.213. The molecule has 3 aliphatic rings. The average Bonchev–Trinajstić information content (AvgIpc) is 3.11. The smallest absolute Gasteiger partial charge is 0.311 e. The summed E-state index contributed by atoms with van der Waals surface area (Å²) in [6.45, 7) is 18.0. The fourth-order valence-electron chi connectivity index (χ4n) is 9.09. The van der Waals surface area contributed by atoms with Crippen LogP contribution in [0.15, 0.2) is 0 Å². The summed E-state index contributed by atoms with van der Waals surface area (Å²) in [5.74, 6) is -2.80. The zero-order valence-corrected chi connectivity index (χ0v) is 35.5. The topological polar surface area (TPSA) is 204 Å². The molecule has 0 aliphatic carbocycles. The lowest BCUT2D eigenvalue weighted by Crippen LogP contribution is -2.60. The van der Waals surface area contributed by atoms with E-state index in [0.29, 0.717) is 13.0 Å².